The normalized spacial score (nSPS) is 10.5. The number of hydrogen-bond acceptors (Lipinski definition) is 4. The molecule has 0 fully saturated rings. The van der Waals surface area contributed by atoms with E-state index >= 15 is 0 Å². The number of thiazole rings is 1. The average Bonchev–Trinajstić information content (AvgIpc) is 3.13. The fourth-order valence-electron chi connectivity index (χ4n) is 2.06. The first-order chi connectivity index (χ1) is 10.6. The predicted molar refractivity (Wildman–Crippen MR) is 94.0 cm³/mol. The van der Waals surface area contributed by atoms with Crippen molar-refractivity contribution in [1.29, 1.82) is 0 Å². The van der Waals surface area contributed by atoms with Crippen LogP contribution in [0.15, 0.2) is 41.1 Å². The van der Waals surface area contributed by atoms with Crippen molar-refractivity contribution in [2.45, 2.75) is 13.8 Å². The molecule has 2 heterocycles. The molecule has 22 heavy (non-hydrogen) atoms. The number of anilines is 2. The molecular weight excluding hydrogens is 314 g/mol. The van der Waals surface area contributed by atoms with Gasteiger partial charge in [-0.3, -0.25) is 10.6 Å². The topological polar surface area (TPSA) is 54.0 Å². The highest BCUT2D eigenvalue weighted by Crippen LogP contribution is 2.28. The fourth-order valence-corrected chi connectivity index (χ4v) is 3.37. The van der Waals surface area contributed by atoms with Crippen LogP contribution >= 0.6 is 22.7 Å². The van der Waals surface area contributed by atoms with E-state index in [1.165, 1.54) is 33.8 Å². The molecule has 0 radical (unpaired) electrons. The second kappa shape index (κ2) is 6.29. The molecule has 2 aromatic heterocycles. The van der Waals surface area contributed by atoms with Crippen molar-refractivity contribution in [3.63, 3.8) is 0 Å². The Bertz CT molecular complexity index is 794. The lowest BCUT2D eigenvalue weighted by molar-refractivity contribution is 0.262. The van der Waals surface area contributed by atoms with Gasteiger partial charge in [0.25, 0.3) is 0 Å². The largest absolute Gasteiger partial charge is 0.326 e. The number of carbonyl (C=O) groups is 1. The average molecular weight is 329 g/mol. The van der Waals surface area contributed by atoms with Crippen LogP contribution in [0.3, 0.4) is 0 Å². The first kappa shape index (κ1) is 14.7. The van der Waals surface area contributed by atoms with E-state index in [0.29, 0.717) is 5.13 Å². The molecule has 2 N–H and O–H groups in total. The summed E-state index contributed by atoms with van der Waals surface area (Å²) in [5.74, 6) is 0. The maximum Gasteiger partial charge on any atom is 0.326 e. The van der Waals surface area contributed by atoms with Gasteiger partial charge in [-0.25, -0.2) is 9.78 Å². The molecular formula is C16H15N3OS2. The van der Waals surface area contributed by atoms with E-state index < -0.39 is 0 Å². The molecule has 0 aliphatic carbocycles. The number of nitrogens with zero attached hydrogens (tertiary/aromatic N) is 1. The molecule has 6 heteroatoms. The summed E-state index contributed by atoms with van der Waals surface area (Å²) in [6, 6.07) is 9.75. The zero-order valence-corrected chi connectivity index (χ0v) is 13.8. The smallest absolute Gasteiger partial charge is 0.299 e. The number of aryl methyl sites for hydroxylation is 2. The Hall–Kier alpha value is -2.18. The number of rotatable bonds is 3. The van der Waals surface area contributed by atoms with Gasteiger partial charge in [0.1, 0.15) is 0 Å². The van der Waals surface area contributed by atoms with Gasteiger partial charge in [0, 0.05) is 10.9 Å². The summed E-state index contributed by atoms with van der Waals surface area (Å²) in [5.41, 5.74) is 4.35. The first-order valence-electron chi connectivity index (χ1n) is 6.76. The van der Waals surface area contributed by atoms with Crippen LogP contribution in [0.2, 0.25) is 0 Å². The third kappa shape index (κ3) is 3.35. The number of nitrogens with one attached hydrogen (secondary N) is 2. The van der Waals surface area contributed by atoms with Crippen molar-refractivity contribution in [2.24, 2.45) is 0 Å². The summed E-state index contributed by atoms with van der Waals surface area (Å²) in [5, 5.41) is 10.8. The van der Waals surface area contributed by atoms with Crippen LogP contribution in [-0.2, 0) is 0 Å². The lowest BCUT2D eigenvalue weighted by atomic mass is 10.0. The summed E-state index contributed by atoms with van der Waals surface area (Å²) < 4.78 is 0. The van der Waals surface area contributed by atoms with E-state index in [1.54, 1.807) is 0 Å². The summed E-state index contributed by atoms with van der Waals surface area (Å²) in [6.45, 7) is 4.12. The van der Waals surface area contributed by atoms with Gasteiger partial charge >= 0.3 is 6.03 Å². The Labute approximate surface area is 136 Å². The number of amides is 2. The number of thiophene rings is 1. The van der Waals surface area contributed by atoms with E-state index in [9.17, 15) is 4.79 Å². The van der Waals surface area contributed by atoms with Gasteiger partial charge in [0.2, 0.25) is 0 Å². The fraction of sp³-hybridized carbons (Fsp3) is 0.125. The molecule has 0 saturated carbocycles. The monoisotopic (exact) mass is 329 g/mol. The van der Waals surface area contributed by atoms with Crippen LogP contribution in [0.4, 0.5) is 14.9 Å². The molecule has 0 atom stereocenters. The van der Waals surface area contributed by atoms with Crippen LogP contribution < -0.4 is 10.6 Å². The highest BCUT2D eigenvalue weighted by molar-refractivity contribution is 7.14. The van der Waals surface area contributed by atoms with Gasteiger partial charge in [-0.1, -0.05) is 17.7 Å². The summed E-state index contributed by atoms with van der Waals surface area (Å²) in [7, 11) is 0. The molecule has 3 aromatic rings. The minimum absolute atomic E-state index is 0.274. The van der Waals surface area contributed by atoms with Gasteiger partial charge in [0.15, 0.2) is 5.13 Å². The second-order valence-electron chi connectivity index (χ2n) is 4.91. The van der Waals surface area contributed by atoms with Crippen LogP contribution in [0.1, 0.15) is 11.1 Å². The summed E-state index contributed by atoms with van der Waals surface area (Å²) >= 11 is 2.90. The van der Waals surface area contributed by atoms with E-state index in [2.05, 4.69) is 47.7 Å². The van der Waals surface area contributed by atoms with Crippen LogP contribution in [-0.4, -0.2) is 11.0 Å². The quantitative estimate of drug-likeness (QED) is 0.699. The molecule has 1 aromatic carbocycles. The van der Waals surface area contributed by atoms with Gasteiger partial charge in [0.05, 0.1) is 10.7 Å². The van der Waals surface area contributed by atoms with Crippen molar-refractivity contribution in [1.82, 2.24) is 4.98 Å². The maximum absolute atomic E-state index is 11.9. The zero-order chi connectivity index (χ0) is 15.5. The van der Waals surface area contributed by atoms with E-state index in [0.717, 1.165) is 16.3 Å². The van der Waals surface area contributed by atoms with Crippen molar-refractivity contribution in [3.05, 3.63) is 52.2 Å². The molecule has 3 rings (SSSR count). The maximum atomic E-state index is 11.9. The van der Waals surface area contributed by atoms with Crippen molar-refractivity contribution >= 4 is 38.8 Å². The SMILES string of the molecule is Cc1ccc(C)c(-c2csc(NC(=O)Nc3cccs3)n2)c1. The van der Waals surface area contributed by atoms with Gasteiger partial charge in [-0.05, 0) is 43.0 Å². The zero-order valence-electron chi connectivity index (χ0n) is 12.2. The Morgan fingerprint density at radius 2 is 2.00 bits per heavy atom. The lowest BCUT2D eigenvalue weighted by Crippen LogP contribution is -2.18. The van der Waals surface area contributed by atoms with Gasteiger partial charge in [-0.2, -0.15) is 0 Å². The highest BCUT2D eigenvalue weighted by atomic mass is 32.1. The minimum atomic E-state index is -0.274. The van der Waals surface area contributed by atoms with Crippen molar-refractivity contribution in [3.8, 4) is 11.3 Å². The Morgan fingerprint density at radius 1 is 1.14 bits per heavy atom. The highest BCUT2D eigenvalue weighted by Gasteiger charge is 2.10. The third-order valence-electron chi connectivity index (χ3n) is 3.15. The van der Waals surface area contributed by atoms with E-state index in [-0.39, 0.29) is 6.03 Å². The molecule has 0 spiro atoms. The van der Waals surface area contributed by atoms with Crippen molar-refractivity contribution in [2.75, 3.05) is 10.6 Å². The molecule has 0 aliphatic rings. The Morgan fingerprint density at radius 3 is 2.77 bits per heavy atom. The van der Waals surface area contributed by atoms with Crippen LogP contribution in [0.5, 0.6) is 0 Å². The Balaban J connectivity index is 1.73. The van der Waals surface area contributed by atoms with Gasteiger partial charge < -0.3 is 0 Å². The molecule has 0 aliphatic heterocycles. The molecule has 112 valence electrons. The number of benzene rings is 1. The second-order valence-corrected chi connectivity index (χ2v) is 6.72. The molecule has 2 amide bonds. The first-order valence-corrected chi connectivity index (χ1v) is 8.52. The van der Waals surface area contributed by atoms with Gasteiger partial charge in [-0.15, -0.1) is 22.7 Å². The third-order valence-corrected chi connectivity index (χ3v) is 4.69. The number of hydrogen-bond donors (Lipinski definition) is 2. The van der Waals surface area contributed by atoms with E-state index in [4.69, 9.17) is 0 Å². The number of carbonyl (C=O) groups excluding carboxylic acids is 1. The predicted octanol–water partition coefficient (Wildman–Crippen LogP) is 5.13. The summed E-state index contributed by atoms with van der Waals surface area (Å²) in [4.78, 5) is 16.4. The lowest BCUT2D eigenvalue weighted by Gasteiger charge is -2.04. The molecule has 4 nitrogen and oxygen atoms in total. The minimum Gasteiger partial charge on any atom is -0.299 e. The van der Waals surface area contributed by atoms with Crippen LogP contribution in [0.25, 0.3) is 11.3 Å². The molecule has 0 bridgehead atoms. The summed E-state index contributed by atoms with van der Waals surface area (Å²) in [6.07, 6.45) is 0. The number of aromatic nitrogens is 1. The number of urea groups is 1. The van der Waals surface area contributed by atoms with Crippen LogP contribution in [0, 0.1) is 13.8 Å². The standard InChI is InChI=1S/C16H15N3OS2/c1-10-5-6-11(2)12(8-10)13-9-22-16(17-13)19-15(20)18-14-4-3-7-21-14/h3-9H,1-2H3,(H2,17,18,19,20). The molecule has 0 unspecified atom stereocenters. The Kier molecular flexibility index (Phi) is 4.22. The molecule has 0 saturated heterocycles. The van der Waals surface area contributed by atoms with E-state index in [1.807, 2.05) is 22.9 Å². The van der Waals surface area contributed by atoms with Crippen molar-refractivity contribution < 1.29 is 4.79 Å².